The second-order valence-electron chi connectivity index (χ2n) is 1.52. The molecule has 0 aromatic heterocycles. The molecule has 0 aliphatic heterocycles. The summed E-state index contributed by atoms with van der Waals surface area (Å²) in [5, 5.41) is 0. The van der Waals surface area contributed by atoms with Crippen molar-refractivity contribution in [1.82, 2.24) is 4.90 Å². The van der Waals surface area contributed by atoms with Crippen molar-refractivity contribution in [3.8, 4) is 0 Å². The van der Waals surface area contributed by atoms with Gasteiger partial charge in [0.15, 0.2) is 0 Å². The van der Waals surface area contributed by atoms with Crippen molar-refractivity contribution in [2.75, 3.05) is 25.0 Å². The number of halogens is 2. The summed E-state index contributed by atoms with van der Waals surface area (Å²) in [5.41, 5.74) is 0. The van der Waals surface area contributed by atoms with Crippen molar-refractivity contribution in [1.29, 1.82) is 0 Å². The largest absolute Gasteiger partial charge is 0.289 e. The summed E-state index contributed by atoms with van der Waals surface area (Å²) in [5.74, 6) is 0.667. The van der Waals surface area contributed by atoms with Gasteiger partial charge in [-0.2, -0.15) is 0 Å². The predicted molar refractivity (Wildman–Crippen MR) is 38.7 cm³/mol. The topological polar surface area (TPSA) is 3.24 Å². The first-order chi connectivity index (χ1) is 3.85. The van der Waals surface area contributed by atoms with Gasteiger partial charge in [0.2, 0.25) is 0 Å². The van der Waals surface area contributed by atoms with Crippen molar-refractivity contribution in [3.05, 3.63) is 0 Å². The number of alkyl halides is 2. The Bertz CT molecular complexity index is 45.7. The number of nitrogens with zero attached hydrogens (tertiary/aromatic N) is 1. The fourth-order valence-electron chi connectivity index (χ4n) is 0.422. The molecule has 0 N–H and O–H groups in total. The molecular formula is C5H11Cl2N. The average Bonchev–Trinajstić information content (AvgIpc) is 1.83. The monoisotopic (exact) mass is 155 g/mol. The first-order valence-corrected chi connectivity index (χ1v) is 3.76. The first kappa shape index (κ1) is 8.54. The van der Waals surface area contributed by atoms with Gasteiger partial charge in [-0.3, -0.25) is 4.90 Å². The maximum atomic E-state index is 5.51. The Morgan fingerprint density at radius 1 is 1.38 bits per heavy atom. The fourth-order valence-corrected chi connectivity index (χ4v) is 0.950. The lowest BCUT2D eigenvalue weighted by Gasteiger charge is -2.13. The highest BCUT2D eigenvalue weighted by atomic mass is 35.5. The summed E-state index contributed by atoms with van der Waals surface area (Å²) in [6, 6.07) is 0.587. The van der Waals surface area contributed by atoms with Crippen LogP contribution in [0.5, 0.6) is 0 Å². The van der Waals surface area contributed by atoms with Crippen molar-refractivity contribution in [2.45, 2.75) is 6.92 Å². The molecule has 0 unspecified atom stereocenters. The van der Waals surface area contributed by atoms with Gasteiger partial charge in [-0.25, -0.2) is 0 Å². The summed E-state index contributed by atoms with van der Waals surface area (Å²) in [7, 11) is 0. The molecule has 1 nitrogen and oxygen atoms in total. The minimum Gasteiger partial charge on any atom is -0.289 e. The Morgan fingerprint density at radius 2 is 2.00 bits per heavy atom. The van der Waals surface area contributed by atoms with Gasteiger partial charge in [0.05, 0.1) is 6.00 Å². The molecule has 0 aromatic carbocycles. The van der Waals surface area contributed by atoms with Crippen LogP contribution in [0.2, 0.25) is 0 Å². The van der Waals surface area contributed by atoms with Crippen LogP contribution in [-0.2, 0) is 0 Å². The van der Waals surface area contributed by atoms with E-state index in [1.54, 1.807) is 0 Å². The quantitative estimate of drug-likeness (QED) is 0.442. The summed E-state index contributed by atoms with van der Waals surface area (Å²) in [4.78, 5) is 2.06. The van der Waals surface area contributed by atoms with E-state index in [0.29, 0.717) is 11.9 Å². The maximum absolute atomic E-state index is 5.51. The van der Waals surface area contributed by atoms with Crippen LogP contribution in [0.4, 0.5) is 0 Å². The van der Waals surface area contributed by atoms with Crippen LogP contribution in [0.25, 0.3) is 0 Å². The minimum atomic E-state index is 0.587. The molecule has 0 bridgehead atoms. The molecule has 0 atom stereocenters. The Balaban J connectivity index is 3.07. The molecule has 0 aliphatic carbocycles. The van der Waals surface area contributed by atoms with E-state index in [2.05, 4.69) is 11.8 Å². The molecule has 0 spiro atoms. The van der Waals surface area contributed by atoms with Crippen LogP contribution in [0.3, 0.4) is 0 Å². The Hall–Kier alpha value is 0.540. The fraction of sp³-hybridized carbons (Fsp3) is 1.00. The van der Waals surface area contributed by atoms with Crippen molar-refractivity contribution < 1.29 is 0 Å². The second kappa shape index (κ2) is 5.67. The van der Waals surface area contributed by atoms with Gasteiger partial charge >= 0.3 is 0 Å². The van der Waals surface area contributed by atoms with Crippen molar-refractivity contribution in [2.24, 2.45) is 0 Å². The standard InChI is InChI=1S/C5H11Cl2N/c1-2-8(5-7)4-3-6/h2-5H2,1H3. The molecule has 0 saturated carbocycles. The molecular weight excluding hydrogens is 145 g/mol. The van der Waals surface area contributed by atoms with E-state index in [1.807, 2.05) is 0 Å². The number of hydrogen-bond donors (Lipinski definition) is 0. The summed E-state index contributed by atoms with van der Waals surface area (Å²) in [6.07, 6.45) is 0. The van der Waals surface area contributed by atoms with Crippen LogP contribution < -0.4 is 0 Å². The molecule has 3 heteroatoms. The highest BCUT2D eigenvalue weighted by molar-refractivity contribution is 6.18. The van der Waals surface area contributed by atoms with Gasteiger partial charge in [-0.05, 0) is 6.54 Å². The molecule has 0 aliphatic rings. The van der Waals surface area contributed by atoms with E-state index >= 15 is 0 Å². The molecule has 8 heavy (non-hydrogen) atoms. The zero-order valence-electron chi connectivity index (χ0n) is 5.03. The predicted octanol–water partition coefficient (Wildman–Crippen LogP) is 1.74. The van der Waals surface area contributed by atoms with Gasteiger partial charge < -0.3 is 0 Å². The van der Waals surface area contributed by atoms with Gasteiger partial charge in [0.1, 0.15) is 0 Å². The lowest BCUT2D eigenvalue weighted by Crippen LogP contribution is -2.23. The molecule has 0 fully saturated rings. The third-order valence-electron chi connectivity index (χ3n) is 1.02. The first-order valence-electron chi connectivity index (χ1n) is 2.69. The Kier molecular flexibility index (Phi) is 6.06. The Labute approximate surface area is 60.6 Å². The van der Waals surface area contributed by atoms with E-state index in [4.69, 9.17) is 23.2 Å². The summed E-state index contributed by atoms with van der Waals surface area (Å²) < 4.78 is 0. The van der Waals surface area contributed by atoms with Gasteiger partial charge in [-0.15, -0.1) is 23.2 Å². The van der Waals surface area contributed by atoms with Gasteiger partial charge in [0.25, 0.3) is 0 Å². The van der Waals surface area contributed by atoms with Crippen molar-refractivity contribution in [3.63, 3.8) is 0 Å². The van der Waals surface area contributed by atoms with Gasteiger partial charge in [-0.1, -0.05) is 6.92 Å². The lowest BCUT2D eigenvalue weighted by molar-refractivity contribution is 0.357. The third kappa shape index (κ3) is 3.53. The summed E-state index contributed by atoms with van der Waals surface area (Å²) in [6.45, 7) is 3.94. The van der Waals surface area contributed by atoms with E-state index in [0.717, 1.165) is 13.1 Å². The van der Waals surface area contributed by atoms with E-state index in [-0.39, 0.29) is 0 Å². The SMILES string of the molecule is CCN(CCl)CCCl. The highest BCUT2D eigenvalue weighted by Gasteiger charge is 1.95. The molecule has 0 saturated heterocycles. The van der Waals surface area contributed by atoms with Crippen LogP contribution in [0.15, 0.2) is 0 Å². The van der Waals surface area contributed by atoms with E-state index in [1.165, 1.54) is 0 Å². The van der Waals surface area contributed by atoms with E-state index in [9.17, 15) is 0 Å². The molecule has 0 rings (SSSR count). The van der Waals surface area contributed by atoms with Crippen LogP contribution in [0.1, 0.15) is 6.92 Å². The second-order valence-corrected chi connectivity index (χ2v) is 2.14. The molecule has 0 radical (unpaired) electrons. The van der Waals surface area contributed by atoms with Gasteiger partial charge in [0, 0.05) is 12.4 Å². The number of hydrogen-bond acceptors (Lipinski definition) is 1. The smallest absolute Gasteiger partial charge is 0.0738 e. The Morgan fingerprint density at radius 3 is 2.12 bits per heavy atom. The summed E-state index contributed by atoms with van der Waals surface area (Å²) >= 11 is 11.0. The third-order valence-corrected chi connectivity index (χ3v) is 1.52. The maximum Gasteiger partial charge on any atom is 0.0738 e. The minimum absolute atomic E-state index is 0.587. The molecule has 50 valence electrons. The zero-order chi connectivity index (χ0) is 6.41. The lowest BCUT2D eigenvalue weighted by atomic mass is 10.6. The van der Waals surface area contributed by atoms with Crippen LogP contribution in [0, 0.1) is 0 Å². The van der Waals surface area contributed by atoms with Crippen LogP contribution in [-0.4, -0.2) is 29.9 Å². The molecule has 0 amide bonds. The average molecular weight is 156 g/mol. The molecule has 0 aromatic rings. The van der Waals surface area contributed by atoms with Crippen molar-refractivity contribution >= 4 is 23.2 Å². The van der Waals surface area contributed by atoms with E-state index < -0.39 is 0 Å². The number of rotatable bonds is 4. The van der Waals surface area contributed by atoms with Crippen LogP contribution >= 0.6 is 23.2 Å². The zero-order valence-corrected chi connectivity index (χ0v) is 6.54. The highest BCUT2D eigenvalue weighted by Crippen LogP contribution is 1.90. The normalized spacial score (nSPS) is 10.5. The molecule has 0 heterocycles.